The number of hydrogen-bond acceptors (Lipinski definition) is 3. The van der Waals surface area contributed by atoms with Crippen LogP contribution in [0.4, 0.5) is 28.4 Å². The van der Waals surface area contributed by atoms with E-state index >= 15 is 0 Å². The second-order valence-corrected chi connectivity index (χ2v) is 18.5. The average molecular weight is 649 g/mol. The van der Waals surface area contributed by atoms with E-state index in [1.165, 1.54) is 102 Å². The van der Waals surface area contributed by atoms with Crippen LogP contribution in [0.3, 0.4) is 0 Å². The Hall–Kier alpha value is -3.50. The van der Waals surface area contributed by atoms with Crippen LogP contribution in [0.5, 0.6) is 0 Å². The fourth-order valence-corrected chi connectivity index (χ4v) is 11.0. The SMILES string of the molecule is CCc1ccc2c(c1)B1c3sc4ccc(C(C)(C)C)cc4c3N(c3ccc(C(C)(C)C)cc3)c3cc(C)cc(c31)N2C1CC2CCC1C2. The van der Waals surface area contributed by atoms with Gasteiger partial charge in [-0.15, -0.1) is 11.3 Å². The molecule has 0 amide bonds. The maximum atomic E-state index is 2.85. The van der Waals surface area contributed by atoms with Gasteiger partial charge in [0.05, 0.1) is 5.69 Å². The molecular weight excluding hydrogens is 599 g/mol. The first-order chi connectivity index (χ1) is 22.9. The van der Waals surface area contributed by atoms with E-state index in [0.717, 1.165) is 18.3 Å². The lowest BCUT2D eigenvalue weighted by Crippen LogP contribution is -2.62. The molecule has 2 fully saturated rings. The molecule has 2 aliphatic heterocycles. The van der Waals surface area contributed by atoms with Gasteiger partial charge in [0.25, 0.3) is 6.71 Å². The van der Waals surface area contributed by atoms with Crippen LogP contribution in [0, 0.1) is 18.8 Å². The lowest BCUT2D eigenvalue weighted by atomic mass is 9.36. The van der Waals surface area contributed by atoms with Crippen molar-refractivity contribution in [3.05, 3.63) is 95.1 Å². The Morgan fingerprint density at radius 2 is 1.50 bits per heavy atom. The van der Waals surface area contributed by atoms with Crippen LogP contribution < -0.4 is 25.5 Å². The van der Waals surface area contributed by atoms with Gasteiger partial charge in [-0.2, -0.15) is 0 Å². The first kappa shape index (κ1) is 30.6. The van der Waals surface area contributed by atoms with E-state index in [4.69, 9.17) is 0 Å². The molecule has 3 heterocycles. The van der Waals surface area contributed by atoms with Crippen molar-refractivity contribution >= 4 is 72.3 Å². The van der Waals surface area contributed by atoms with Crippen LogP contribution in [0.25, 0.3) is 10.1 Å². The minimum Gasteiger partial charge on any atom is -0.339 e. The fourth-order valence-electron chi connectivity index (χ4n) is 9.65. The molecule has 2 nitrogen and oxygen atoms in total. The van der Waals surface area contributed by atoms with Crippen LogP contribution in [0.2, 0.25) is 0 Å². The molecule has 48 heavy (non-hydrogen) atoms. The van der Waals surface area contributed by atoms with Crippen LogP contribution in [-0.4, -0.2) is 12.8 Å². The molecule has 3 atom stereocenters. The van der Waals surface area contributed by atoms with E-state index < -0.39 is 0 Å². The van der Waals surface area contributed by atoms with E-state index in [9.17, 15) is 0 Å². The zero-order valence-electron chi connectivity index (χ0n) is 30.1. The molecule has 1 aromatic heterocycles. The number of thiophene rings is 1. The molecule has 244 valence electrons. The summed E-state index contributed by atoms with van der Waals surface area (Å²) in [6.45, 7) is 18.8. The van der Waals surface area contributed by atoms with Crippen molar-refractivity contribution in [2.45, 2.75) is 104 Å². The average Bonchev–Trinajstić information content (AvgIpc) is 3.78. The van der Waals surface area contributed by atoms with Crippen LogP contribution >= 0.6 is 11.3 Å². The highest BCUT2D eigenvalue weighted by atomic mass is 32.1. The van der Waals surface area contributed by atoms with Gasteiger partial charge in [0, 0.05) is 43.7 Å². The van der Waals surface area contributed by atoms with Crippen molar-refractivity contribution in [2.24, 2.45) is 11.8 Å². The first-order valence-electron chi connectivity index (χ1n) is 18.4. The molecule has 0 spiro atoms. The van der Waals surface area contributed by atoms with Gasteiger partial charge in [-0.3, -0.25) is 0 Å². The van der Waals surface area contributed by atoms with Crippen molar-refractivity contribution < 1.29 is 0 Å². The monoisotopic (exact) mass is 648 g/mol. The van der Waals surface area contributed by atoms with Gasteiger partial charge in [-0.05, 0) is 131 Å². The predicted octanol–water partition coefficient (Wildman–Crippen LogP) is 10.3. The van der Waals surface area contributed by atoms with Crippen molar-refractivity contribution in [3.8, 4) is 0 Å². The summed E-state index contributed by atoms with van der Waals surface area (Å²) in [7, 11) is 0. The summed E-state index contributed by atoms with van der Waals surface area (Å²) < 4.78 is 2.88. The fraction of sp³-hybridized carbons (Fsp3) is 0.409. The molecule has 0 radical (unpaired) electrons. The Morgan fingerprint density at radius 1 is 0.771 bits per heavy atom. The molecule has 4 aromatic carbocycles. The molecular formula is C44H49BN2S. The molecule has 5 aromatic rings. The Morgan fingerprint density at radius 3 is 2.17 bits per heavy atom. The minimum absolute atomic E-state index is 0.0765. The Kier molecular flexibility index (Phi) is 6.69. The molecule has 2 aliphatic carbocycles. The smallest absolute Gasteiger partial charge is 0.264 e. The Labute approximate surface area is 292 Å². The highest BCUT2D eigenvalue weighted by molar-refractivity contribution is 7.33. The first-order valence-corrected chi connectivity index (χ1v) is 19.3. The van der Waals surface area contributed by atoms with Crippen molar-refractivity contribution in [1.29, 1.82) is 0 Å². The number of rotatable bonds is 3. The lowest BCUT2D eigenvalue weighted by Gasteiger charge is -2.47. The molecule has 2 bridgehead atoms. The van der Waals surface area contributed by atoms with E-state index in [1.54, 1.807) is 0 Å². The topological polar surface area (TPSA) is 6.48 Å². The maximum absolute atomic E-state index is 2.85. The van der Waals surface area contributed by atoms with Gasteiger partial charge in [0.1, 0.15) is 0 Å². The van der Waals surface area contributed by atoms with E-state index in [-0.39, 0.29) is 17.5 Å². The second-order valence-electron chi connectivity index (χ2n) is 17.4. The summed E-state index contributed by atoms with van der Waals surface area (Å²) in [5.41, 5.74) is 15.7. The third-order valence-electron chi connectivity index (χ3n) is 12.2. The molecule has 0 N–H and O–H groups in total. The zero-order valence-corrected chi connectivity index (χ0v) is 30.9. The summed E-state index contributed by atoms with van der Waals surface area (Å²) in [6, 6.07) is 29.9. The third kappa shape index (κ3) is 4.50. The summed E-state index contributed by atoms with van der Waals surface area (Å²) in [6.07, 6.45) is 6.60. The quantitative estimate of drug-likeness (QED) is 0.176. The highest BCUT2D eigenvalue weighted by Gasteiger charge is 2.50. The predicted molar refractivity (Wildman–Crippen MR) is 210 cm³/mol. The second kappa shape index (κ2) is 10.5. The maximum Gasteiger partial charge on any atom is 0.264 e. The number of hydrogen-bond donors (Lipinski definition) is 0. The Balaban J connectivity index is 1.36. The van der Waals surface area contributed by atoms with Gasteiger partial charge < -0.3 is 9.80 Å². The zero-order chi connectivity index (χ0) is 33.3. The number of fused-ring (bicyclic) bond motifs is 8. The normalized spacial score (nSPS) is 21.2. The van der Waals surface area contributed by atoms with E-state index in [2.05, 4.69) is 138 Å². The van der Waals surface area contributed by atoms with Gasteiger partial charge in [0.15, 0.2) is 0 Å². The summed E-state index contributed by atoms with van der Waals surface area (Å²) in [5, 5.41) is 1.39. The standard InChI is InChI=1S/C44H49BN2S/c1-9-27-11-18-35-34(23-27)45-40-37(20-26(2)21-38(40)47(35)36-24-28-10-12-29(36)22-28)46(32-16-13-30(14-17-32)43(3,4)5)41-33-25-31(44(6,7)8)15-19-39(33)48-42(41)45/h11,13-21,23,25,28-29,36H,9-10,12,22,24H2,1-8H3. The third-order valence-corrected chi connectivity index (χ3v) is 13.4. The number of aryl methyl sites for hydroxylation is 2. The molecule has 2 saturated carbocycles. The summed E-state index contributed by atoms with van der Waals surface area (Å²) >= 11 is 2.03. The highest BCUT2D eigenvalue weighted by Crippen LogP contribution is 2.52. The van der Waals surface area contributed by atoms with E-state index in [0.29, 0.717) is 6.04 Å². The van der Waals surface area contributed by atoms with Crippen LogP contribution in [0.1, 0.15) is 96.4 Å². The number of anilines is 5. The molecule has 3 unspecified atom stereocenters. The lowest BCUT2D eigenvalue weighted by molar-refractivity contribution is 0.413. The van der Waals surface area contributed by atoms with Crippen molar-refractivity contribution in [2.75, 3.05) is 9.80 Å². The molecule has 9 rings (SSSR count). The van der Waals surface area contributed by atoms with Gasteiger partial charge in [-0.25, -0.2) is 0 Å². The van der Waals surface area contributed by atoms with Gasteiger partial charge in [-0.1, -0.05) is 85.2 Å². The molecule has 0 saturated heterocycles. The molecule has 4 aliphatic rings. The van der Waals surface area contributed by atoms with Gasteiger partial charge in [0.2, 0.25) is 0 Å². The minimum atomic E-state index is 0.0765. The van der Waals surface area contributed by atoms with Crippen LogP contribution in [-0.2, 0) is 17.3 Å². The summed E-state index contributed by atoms with van der Waals surface area (Å²) in [4.78, 5) is 5.50. The molecule has 4 heteroatoms. The van der Waals surface area contributed by atoms with Gasteiger partial charge >= 0.3 is 0 Å². The Bertz CT molecular complexity index is 2090. The van der Waals surface area contributed by atoms with Crippen molar-refractivity contribution in [3.63, 3.8) is 0 Å². The largest absolute Gasteiger partial charge is 0.339 e. The van der Waals surface area contributed by atoms with Crippen LogP contribution in [0.15, 0.2) is 72.8 Å². The number of nitrogens with zero attached hydrogens (tertiary/aromatic N) is 2. The van der Waals surface area contributed by atoms with Crippen molar-refractivity contribution in [1.82, 2.24) is 0 Å². The summed E-state index contributed by atoms with van der Waals surface area (Å²) in [5.74, 6) is 1.68. The number of benzene rings is 4. The van der Waals surface area contributed by atoms with E-state index in [1.807, 2.05) is 11.3 Å².